The second-order valence-electron chi connectivity index (χ2n) is 5.37. The molecule has 0 aromatic heterocycles. The molecule has 3 rings (SSSR count). The van der Waals surface area contributed by atoms with Gasteiger partial charge >= 0.3 is 0 Å². The molecule has 3 amide bonds. The summed E-state index contributed by atoms with van der Waals surface area (Å²) >= 11 is 0. The number of hydrogen-bond donors (Lipinski definition) is 1. The van der Waals surface area contributed by atoms with Crippen LogP contribution in [0.1, 0.15) is 37.5 Å². The molecule has 0 bridgehead atoms. The van der Waals surface area contributed by atoms with Gasteiger partial charge in [-0.1, -0.05) is 24.3 Å². The number of benzene rings is 2. The molecule has 0 radical (unpaired) electrons. The summed E-state index contributed by atoms with van der Waals surface area (Å²) in [5.74, 6) is -0.736. The first kappa shape index (κ1) is 15.7. The zero-order chi connectivity index (χ0) is 17.1. The summed E-state index contributed by atoms with van der Waals surface area (Å²) in [6, 6.07) is 13.4. The number of hydrogen-bond acceptors (Lipinski definition) is 4. The van der Waals surface area contributed by atoms with Crippen LogP contribution in [-0.2, 0) is 0 Å². The summed E-state index contributed by atoms with van der Waals surface area (Å²) in [4.78, 5) is 37.0. The first-order chi connectivity index (χ1) is 11.6. The number of imide groups is 1. The third-order valence-electron chi connectivity index (χ3n) is 3.81. The van der Waals surface area contributed by atoms with Gasteiger partial charge in [-0.25, -0.2) is 0 Å². The highest BCUT2D eigenvalue weighted by Crippen LogP contribution is 2.22. The summed E-state index contributed by atoms with van der Waals surface area (Å²) < 4.78 is 5.56. The van der Waals surface area contributed by atoms with Crippen molar-refractivity contribution in [3.05, 3.63) is 65.2 Å². The van der Waals surface area contributed by atoms with Crippen molar-refractivity contribution in [3.63, 3.8) is 0 Å². The highest BCUT2D eigenvalue weighted by atomic mass is 16.5. The van der Waals surface area contributed by atoms with Gasteiger partial charge in [0, 0.05) is 6.54 Å². The molecule has 2 aromatic rings. The van der Waals surface area contributed by atoms with Crippen molar-refractivity contribution in [1.29, 1.82) is 0 Å². The second kappa shape index (κ2) is 6.54. The Labute approximate surface area is 138 Å². The van der Waals surface area contributed by atoms with E-state index < -0.39 is 5.91 Å². The normalized spacial score (nSPS) is 13.1. The Hall–Kier alpha value is -3.15. The molecule has 0 fully saturated rings. The van der Waals surface area contributed by atoms with E-state index in [1.54, 1.807) is 48.5 Å². The Bertz CT molecular complexity index is 781. The third kappa shape index (κ3) is 2.86. The van der Waals surface area contributed by atoms with Crippen LogP contribution in [0.25, 0.3) is 0 Å². The van der Waals surface area contributed by atoms with Gasteiger partial charge in [-0.15, -0.1) is 0 Å². The van der Waals surface area contributed by atoms with Crippen molar-refractivity contribution in [2.45, 2.75) is 6.42 Å². The Morgan fingerprint density at radius 3 is 2.17 bits per heavy atom. The predicted molar refractivity (Wildman–Crippen MR) is 86.9 cm³/mol. The molecule has 2 aromatic carbocycles. The number of nitrogens with two attached hydrogens (primary N) is 1. The van der Waals surface area contributed by atoms with Crippen LogP contribution in [0.15, 0.2) is 48.5 Å². The molecule has 0 unspecified atom stereocenters. The van der Waals surface area contributed by atoms with Gasteiger partial charge in [-0.05, 0) is 30.7 Å². The van der Waals surface area contributed by atoms with E-state index in [0.29, 0.717) is 28.9 Å². The minimum atomic E-state index is -0.564. The number of nitrogens with zero attached hydrogens (tertiary/aromatic N) is 1. The smallest absolute Gasteiger partial charge is 0.261 e. The Balaban J connectivity index is 1.58. The number of ether oxygens (including phenoxy) is 1. The van der Waals surface area contributed by atoms with Gasteiger partial charge in [0.2, 0.25) is 0 Å². The number of rotatable bonds is 6. The molecule has 0 atom stereocenters. The summed E-state index contributed by atoms with van der Waals surface area (Å²) in [6.45, 7) is 0.517. The van der Waals surface area contributed by atoms with Gasteiger partial charge in [0.05, 0.1) is 23.3 Å². The molecule has 0 saturated heterocycles. The lowest BCUT2D eigenvalue weighted by Gasteiger charge is -2.14. The molecule has 122 valence electrons. The lowest BCUT2D eigenvalue weighted by atomic mass is 10.1. The zero-order valence-corrected chi connectivity index (χ0v) is 12.9. The van der Waals surface area contributed by atoms with Gasteiger partial charge in [0.15, 0.2) is 0 Å². The van der Waals surface area contributed by atoms with E-state index in [1.807, 2.05) is 0 Å². The third-order valence-corrected chi connectivity index (χ3v) is 3.81. The van der Waals surface area contributed by atoms with Crippen LogP contribution < -0.4 is 10.5 Å². The summed E-state index contributed by atoms with van der Waals surface area (Å²) in [5.41, 5.74) is 6.46. The lowest BCUT2D eigenvalue weighted by Crippen LogP contribution is -2.31. The van der Waals surface area contributed by atoms with Crippen LogP contribution in [0, 0.1) is 0 Å². The molecule has 1 aliphatic rings. The van der Waals surface area contributed by atoms with E-state index in [4.69, 9.17) is 10.5 Å². The van der Waals surface area contributed by atoms with E-state index in [0.717, 1.165) is 0 Å². The predicted octanol–water partition coefficient (Wildman–Crippen LogP) is 1.85. The van der Waals surface area contributed by atoms with Gasteiger partial charge in [-0.2, -0.15) is 0 Å². The van der Waals surface area contributed by atoms with Crippen molar-refractivity contribution in [2.24, 2.45) is 5.73 Å². The largest absolute Gasteiger partial charge is 0.493 e. The van der Waals surface area contributed by atoms with Crippen molar-refractivity contribution in [3.8, 4) is 5.75 Å². The van der Waals surface area contributed by atoms with E-state index in [-0.39, 0.29) is 25.0 Å². The monoisotopic (exact) mass is 324 g/mol. The zero-order valence-electron chi connectivity index (χ0n) is 12.9. The van der Waals surface area contributed by atoms with Crippen molar-refractivity contribution < 1.29 is 19.1 Å². The first-order valence-corrected chi connectivity index (χ1v) is 7.56. The molecule has 1 aliphatic heterocycles. The van der Waals surface area contributed by atoms with Crippen LogP contribution in [0.3, 0.4) is 0 Å². The summed E-state index contributed by atoms with van der Waals surface area (Å²) in [7, 11) is 0. The summed E-state index contributed by atoms with van der Waals surface area (Å²) in [5, 5.41) is 0. The number of carbonyl (C=O) groups is 3. The highest BCUT2D eigenvalue weighted by molar-refractivity contribution is 6.21. The SMILES string of the molecule is NC(=O)c1ccccc1OCCCN1C(=O)c2ccccc2C1=O. The Morgan fingerprint density at radius 2 is 1.54 bits per heavy atom. The van der Waals surface area contributed by atoms with Crippen LogP contribution in [-0.4, -0.2) is 35.8 Å². The fraction of sp³-hybridized carbons (Fsp3) is 0.167. The molecule has 1 heterocycles. The second-order valence-corrected chi connectivity index (χ2v) is 5.37. The summed E-state index contributed by atoms with van der Waals surface area (Å²) in [6.07, 6.45) is 0.457. The van der Waals surface area contributed by atoms with Crippen LogP contribution in [0.4, 0.5) is 0 Å². The van der Waals surface area contributed by atoms with Gasteiger partial charge in [0.1, 0.15) is 5.75 Å². The number of fused-ring (bicyclic) bond motifs is 1. The van der Waals surface area contributed by atoms with Crippen LogP contribution in [0.2, 0.25) is 0 Å². The van der Waals surface area contributed by atoms with E-state index in [2.05, 4.69) is 0 Å². The standard InChI is InChI=1S/C18H16N2O4/c19-16(21)14-8-3-4-9-15(14)24-11-5-10-20-17(22)12-6-1-2-7-13(12)18(20)23/h1-4,6-9H,5,10-11H2,(H2,19,21). The number of para-hydroxylation sites is 1. The molecule has 0 aliphatic carbocycles. The van der Waals surface area contributed by atoms with E-state index in [9.17, 15) is 14.4 Å². The maximum atomic E-state index is 12.2. The molecular formula is C18H16N2O4. The maximum absolute atomic E-state index is 12.2. The fourth-order valence-electron chi connectivity index (χ4n) is 2.64. The Morgan fingerprint density at radius 1 is 0.958 bits per heavy atom. The molecular weight excluding hydrogens is 308 g/mol. The quantitative estimate of drug-likeness (QED) is 0.648. The minimum absolute atomic E-state index is 0.255. The maximum Gasteiger partial charge on any atom is 0.261 e. The Kier molecular flexibility index (Phi) is 4.29. The molecule has 6 heteroatoms. The van der Waals surface area contributed by atoms with E-state index >= 15 is 0 Å². The van der Waals surface area contributed by atoms with Gasteiger partial charge in [-0.3, -0.25) is 19.3 Å². The molecule has 24 heavy (non-hydrogen) atoms. The first-order valence-electron chi connectivity index (χ1n) is 7.56. The van der Waals surface area contributed by atoms with Crippen molar-refractivity contribution >= 4 is 17.7 Å². The average Bonchev–Trinajstić information content (AvgIpc) is 2.84. The lowest BCUT2D eigenvalue weighted by molar-refractivity contribution is 0.0646. The number of carbonyl (C=O) groups excluding carboxylic acids is 3. The highest BCUT2D eigenvalue weighted by Gasteiger charge is 2.34. The number of amides is 3. The molecule has 0 spiro atoms. The minimum Gasteiger partial charge on any atom is -0.493 e. The van der Waals surface area contributed by atoms with Gasteiger partial charge < -0.3 is 10.5 Å². The van der Waals surface area contributed by atoms with E-state index in [1.165, 1.54) is 4.90 Å². The molecule has 2 N–H and O–H groups in total. The molecule has 0 saturated carbocycles. The van der Waals surface area contributed by atoms with Crippen LogP contribution in [0.5, 0.6) is 5.75 Å². The average molecular weight is 324 g/mol. The molecule has 6 nitrogen and oxygen atoms in total. The van der Waals surface area contributed by atoms with Crippen molar-refractivity contribution in [1.82, 2.24) is 4.90 Å². The topological polar surface area (TPSA) is 89.7 Å². The van der Waals surface area contributed by atoms with Gasteiger partial charge in [0.25, 0.3) is 17.7 Å². The number of primary amides is 1. The van der Waals surface area contributed by atoms with Crippen LogP contribution >= 0.6 is 0 Å². The fourth-order valence-corrected chi connectivity index (χ4v) is 2.64. The van der Waals surface area contributed by atoms with Crippen molar-refractivity contribution in [2.75, 3.05) is 13.2 Å².